The number of benzene rings is 2. The highest BCUT2D eigenvalue weighted by Crippen LogP contribution is 2.42. The van der Waals surface area contributed by atoms with Crippen LogP contribution >= 0.6 is 0 Å². The molecule has 0 radical (unpaired) electrons. The molecule has 0 aromatic heterocycles. The Morgan fingerprint density at radius 1 is 1.21 bits per heavy atom. The lowest BCUT2D eigenvalue weighted by atomic mass is 9.78. The first-order valence-corrected chi connectivity index (χ1v) is 10.1. The standard InChI is InChI=1S/C23H28N2O3/c1-2-27-23(26)11-17-15-28-22-9-8-19(25-13-18(24)14-25)12-21(22)20(17)10-16-6-4-3-5-7-16/h3-9,12,17-18,20H,2,10-11,13-15,24H2,1H3. The molecule has 5 heteroatoms. The Bertz CT molecular complexity index is 818. The zero-order chi connectivity index (χ0) is 19.5. The van der Waals surface area contributed by atoms with Crippen LogP contribution in [-0.2, 0) is 16.0 Å². The van der Waals surface area contributed by atoms with Crippen LogP contribution in [0.2, 0.25) is 0 Å². The number of hydrogen-bond acceptors (Lipinski definition) is 5. The zero-order valence-electron chi connectivity index (χ0n) is 16.3. The fourth-order valence-corrected chi connectivity index (χ4v) is 4.22. The van der Waals surface area contributed by atoms with Gasteiger partial charge in [0, 0.05) is 36.3 Å². The van der Waals surface area contributed by atoms with E-state index in [0.717, 1.165) is 25.3 Å². The van der Waals surface area contributed by atoms with Crippen molar-refractivity contribution in [1.29, 1.82) is 0 Å². The van der Waals surface area contributed by atoms with Crippen molar-refractivity contribution in [2.24, 2.45) is 11.7 Å². The smallest absolute Gasteiger partial charge is 0.306 e. The summed E-state index contributed by atoms with van der Waals surface area (Å²) in [6, 6.07) is 17.1. The molecular formula is C23H28N2O3. The van der Waals surface area contributed by atoms with Crippen LogP contribution < -0.4 is 15.4 Å². The highest BCUT2D eigenvalue weighted by Gasteiger charge is 2.34. The van der Waals surface area contributed by atoms with Gasteiger partial charge in [0.1, 0.15) is 5.75 Å². The molecule has 2 heterocycles. The highest BCUT2D eigenvalue weighted by molar-refractivity contribution is 5.70. The van der Waals surface area contributed by atoms with Gasteiger partial charge in [-0.2, -0.15) is 0 Å². The molecule has 4 rings (SSSR count). The van der Waals surface area contributed by atoms with Crippen LogP contribution in [-0.4, -0.2) is 38.3 Å². The van der Waals surface area contributed by atoms with E-state index in [2.05, 4.69) is 47.4 Å². The number of hydrogen-bond donors (Lipinski definition) is 1. The van der Waals surface area contributed by atoms with Gasteiger partial charge in [-0.3, -0.25) is 4.79 Å². The topological polar surface area (TPSA) is 64.8 Å². The summed E-state index contributed by atoms with van der Waals surface area (Å²) in [7, 11) is 0. The van der Waals surface area contributed by atoms with E-state index in [1.54, 1.807) is 0 Å². The normalized spacial score (nSPS) is 21.4. The van der Waals surface area contributed by atoms with E-state index >= 15 is 0 Å². The van der Waals surface area contributed by atoms with Crippen LogP contribution in [0.1, 0.15) is 30.4 Å². The van der Waals surface area contributed by atoms with Crippen molar-refractivity contribution >= 4 is 11.7 Å². The van der Waals surface area contributed by atoms with E-state index in [0.29, 0.717) is 19.6 Å². The van der Waals surface area contributed by atoms with Crippen molar-refractivity contribution in [1.82, 2.24) is 0 Å². The molecule has 2 aliphatic rings. The minimum absolute atomic E-state index is 0.0978. The van der Waals surface area contributed by atoms with Crippen LogP contribution in [0, 0.1) is 5.92 Å². The molecule has 2 aromatic carbocycles. The molecule has 5 nitrogen and oxygen atoms in total. The van der Waals surface area contributed by atoms with Gasteiger partial charge in [-0.25, -0.2) is 0 Å². The molecule has 0 amide bonds. The van der Waals surface area contributed by atoms with E-state index in [1.165, 1.54) is 16.8 Å². The highest BCUT2D eigenvalue weighted by atomic mass is 16.5. The number of anilines is 1. The zero-order valence-corrected chi connectivity index (χ0v) is 16.3. The van der Waals surface area contributed by atoms with E-state index in [4.69, 9.17) is 15.2 Å². The van der Waals surface area contributed by atoms with Crippen molar-refractivity contribution in [2.75, 3.05) is 31.2 Å². The van der Waals surface area contributed by atoms with Gasteiger partial charge in [0.25, 0.3) is 0 Å². The molecule has 1 fully saturated rings. The molecule has 0 spiro atoms. The van der Waals surface area contributed by atoms with Gasteiger partial charge in [0.05, 0.1) is 19.6 Å². The Hall–Kier alpha value is -2.53. The van der Waals surface area contributed by atoms with Gasteiger partial charge in [-0.15, -0.1) is 0 Å². The van der Waals surface area contributed by atoms with Gasteiger partial charge in [-0.05, 0) is 43.0 Å². The lowest BCUT2D eigenvalue weighted by Gasteiger charge is -2.40. The Morgan fingerprint density at radius 3 is 2.71 bits per heavy atom. The number of esters is 1. The van der Waals surface area contributed by atoms with Crippen LogP contribution in [0.3, 0.4) is 0 Å². The second-order valence-electron chi connectivity index (χ2n) is 7.76. The van der Waals surface area contributed by atoms with Crippen molar-refractivity contribution < 1.29 is 14.3 Å². The molecular weight excluding hydrogens is 352 g/mol. The van der Waals surface area contributed by atoms with Crippen molar-refractivity contribution in [3.05, 3.63) is 59.7 Å². The van der Waals surface area contributed by atoms with Gasteiger partial charge in [-0.1, -0.05) is 30.3 Å². The van der Waals surface area contributed by atoms with Gasteiger partial charge >= 0.3 is 5.97 Å². The average molecular weight is 380 g/mol. The summed E-state index contributed by atoms with van der Waals surface area (Å²) in [5.41, 5.74) is 9.59. The molecule has 148 valence electrons. The van der Waals surface area contributed by atoms with Crippen molar-refractivity contribution in [3.8, 4) is 5.75 Å². The monoisotopic (exact) mass is 380 g/mol. The summed E-state index contributed by atoms with van der Waals surface area (Å²) in [4.78, 5) is 14.5. The van der Waals surface area contributed by atoms with E-state index < -0.39 is 0 Å². The minimum atomic E-state index is -0.150. The van der Waals surface area contributed by atoms with Crippen molar-refractivity contribution in [3.63, 3.8) is 0 Å². The molecule has 0 bridgehead atoms. The maximum absolute atomic E-state index is 12.2. The van der Waals surface area contributed by atoms with Gasteiger partial charge in [0.2, 0.25) is 0 Å². The summed E-state index contributed by atoms with van der Waals surface area (Å²) in [5.74, 6) is 1.09. The van der Waals surface area contributed by atoms with Crippen LogP contribution in [0.15, 0.2) is 48.5 Å². The Labute approximate surface area is 166 Å². The molecule has 0 saturated carbocycles. The molecule has 28 heavy (non-hydrogen) atoms. The summed E-state index contributed by atoms with van der Waals surface area (Å²) in [6.45, 7) is 4.56. The molecule has 2 atom stereocenters. The predicted octanol–water partition coefficient (Wildman–Crippen LogP) is 3.12. The predicted molar refractivity (Wildman–Crippen MR) is 110 cm³/mol. The number of nitrogens with zero attached hydrogens (tertiary/aromatic N) is 1. The first-order chi connectivity index (χ1) is 13.6. The fourth-order valence-electron chi connectivity index (χ4n) is 4.22. The quantitative estimate of drug-likeness (QED) is 0.780. The summed E-state index contributed by atoms with van der Waals surface area (Å²) in [5, 5.41) is 0. The summed E-state index contributed by atoms with van der Waals surface area (Å²) >= 11 is 0. The molecule has 2 aromatic rings. The van der Waals surface area contributed by atoms with E-state index in [1.807, 2.05) is 13.0 Å². The Kier molecular flexibility index (Phi) is 5.53. The maximum Gasteiger partial charge on any atom is 0.306 e. The summed E-state index contributed by atoms with van der Waals surface area (Å²) in [6.07, 6.45) is 1.26. The van der Waals surface area contributed by atoms with Crippen LogP contribution in [0.4, 0.5) is 5.69 Å². The second-order valence-corrected chi connectivity index (χ2v) is 7.76. The summed E-state index contributed by atoms with van der Waals surface area (Å²) < 4.78 is 11.3. The largest absolute Gasteiger partial charge is 0.493 e. The number of ether oxygens (including phenoxy) is 2. The average Bonchev–Trinajstić information content (AvgIpc) is 2.68. The number of carbonyl (C=O) groups excluding carboxylic acids is 1. The maximum atomic E-state index is 12.2. The SMILES string of the molecule is CCOC(=O)CC1COc2ccc(N3CC(N)C3)cc2C1Cc1ccccc1. The third-order valence-corrected chi connectivity index (χ3v) is 5.72. The lowest BCUT2D eigenvalue weighted by Crippen LogP contribution is -2.55. The first kappa shape index (κ1) is 18.8. The molecule has 0 aliphatic carbocycles. The number of rotatable bonds is 6. The van der Waals surface area contributed by atoms with Crippen molar-refractivity contribution in [2.45, 2.75) is 31.7 Å². The minimum Gasteiger partial charge on any atom is -0.493 e. The molecule has 2 aliphatic heterocycles. The third-order valence-electron chi connectivity index (χ3n) is 5.72. The van der Waals surface area contributed by atoms with E-state index in [-0.39, 0.29) is 23.8 Å². The number of fused-ring (bicyclic) bond motifs is 1. The van der Waals surface area contributed by atoms with Crippen LogP contribution in [0.25, 0.3) is 0 Å². The fraction of sp³-hybridized carbons (Fsp3) is 0.435. The van der Waals surface area contributed by atoms with Crippen LogP contribution in [0.5, 0.6) is 5.75 Å². The van der Waals surface area contributed by atoms with E-state index in [9.17, 15) is 4.79 Å². The Morgan fingerprint density at radius 2 is 2.00 bits per heavy atom. The molecule has 2 unspecified atom stereocenters. The first-order valence-electron chi connectivity index (χ1n) is 10.1. The second kappa shape index (κ2) is 8.23. The lowest BCUT2D eigenvalue weighted by molar-refractivity contribution is -0.144. The molecule has 2 N–H and O–H groups in total. The third kappa shape index (κ3) is 3.99. The number of carbonyl (C=O) groups is 1. The number of nitrogens with two attached hydrogens (primary N) is 1. The Balaban J connectivity index is 1.63. The van der Waals surface area contributed by atoms with Gasteiger partial charge < -0.3 is 20.1 Å². The molecule has 1 saturated heterocycles. The van der Waals surface area contributed by atoms with Gasteiger partial charge in [0.15, 0.2) is 0 Å².